The Morgan fingerprint density at radius 1 is 1.33 bits per heavy atom. The molecule has 1 saturated heterocycles. The molecule has 1 heterocycles. The maximum Gasteiger partial charge on any atom is 0.242 e. The van der Waals surface area contributed by atoms with Crippen molar-refractivity contribution in [1.82, 2.24) is 5.01 Å². The molecule has 0 aromatic heterocycles. The summed E-state index contributed by atoms with van der Waals surface area (Å²) in [5, 5.41) is 3.71. The molecule has 4 nitrogen and oxygen atoms in total. The topological polar surface area (TPSA) is 49.6 Å². The first-order valence-corrected chi connectivity index (χ1v) is 6.47. The predicted octanol–water partition coefficient (Wildman–Crippen LogP) is 1.72. The van der Waals surface area contributed by atoms with Crippen molar-refractivity contribution < 1.29 is 4.79 Å². The van der Waals surface area contributed by atoms with Crippen LogP contribution in [0.25, 0.3) is 0 Å². The van der Waals surface area contributed by atoms with Crippen LogP contribution in [0.15, 0.2) is 24.3 Å². The maximum atomic E-state index is 11.5. The lowest BCUT2D eigenvalue weighted by molar-refractivity contribution is -0.126. The molecule has 1 aliphatic heterocycles. The summed E-state index contributed by atoms with van der Waals surface area (Å²) in [5.41, 5.74) is 7.96. The Hall–Kier alpha value is -1.55. The molecular formula is C14H21N3O. The van der Waals surface area contributed by atoms with E-state index in [2.05, 4.69) is 31.2 Å². The third-order valence-corrected chi connectivity index (χ3v) is 3.62. The number of nitrogens with zero attached hydrogens (tertiary/aromatic N) is 2. The van der Waals surface area contributed by atoms with Crippen molar-refractivity contribution in [2.45, 2.75) is 25.7 Å². The molecule has 1 fully saturated rings. The molecular weight excluding hydrogens is 226 g/mol. The Labute approximate surface area is 108 Å². The van der Waals surface area contributed by atoms with Gasteiger partial charge in [-0.15, -0.1) is 0 Å². The van der Waals surface area contributed by atoms with E-state index in [1.54, 1.807) is 5.01 Å². The maximum absolute atomic E-state index is 11.5. The third-order valence-electron chi connectivity index (χ3n) is 3.62. The standard InChI is InChI=1S/C14H21N3O/c1-11(7-9-15)12-3-5-13(6-4-12)17-10-8-14(18)16(17)2/h3-6,11H,7-10,15H2,1-2H3. The number of hydrogen-bond acceptors (Lipinski definition) is 3. The summed E-state index contributed by atoms with van der Waals surface area (Å²) in [7, 11) is 1.82. The van der Waals surface area contributed by atoms with Crippen LogP contribution in [0.1, 0.15) is 31.2 Å². The SMILES string of the molecule is CC(CCN)c1ccc(N2CCC(=O)N2C)cc1. The summed E-state index contributed by atoms with van der Waals surface area (Å²) in [4.78, 5) is 11.5. The summed E-state index contributed by atoms with van der Waals surface area (Å²) in [5.74, 6) is 0.664. The van der Waals surface area contributed by atoms with Crippen LogP contribution in [-0.4, -0.2) is 31.1 Å². The zero-order valence-electron chi connectivity index (χ0n) is 11.1. The molecule has 0 aliphatic carbocycles. The van der Waals surface area contributed by atoms with E-state index >= 15 is 0 Å². The smallest absolute Gasteiger partial charge is 0.242 e. The molecule has 1 amide bonds. The van der Waals surface area contributed by atoms with Crippen LogP contribution in [0, 0.1) is 0 Å². The monoisotopic (exact) mass is 247 g/mol. The van der Waals surface area contributed by atoms with E-state index in [9.17, 15) is 4.79 Å². The summed E-state index contributed by atoms with van der Waals surface area (Å²) >= 11 is 0. The van der Waals surface area contributed by atoms with Crippen molar-refractivity contribution in [2.75, 3.05) is 25.1 Å². The quantitative estimate of drug-likeness (QED) is 0.881. The van der Waals surface area contributed by atoms with Crippen LogP contribution in [0.2, 0.25) is 0 Å². The molecule has 98 valence electrons. The minimum Gasteiger partial charge on any atom is -0.330 e. The molecule has 0 bridgehead atoms. The van der Waals surface area contributed by atoms with Crippen LogP contribution < -0.4 is 10.7 Å². The normalized spacial score (nSPS) is 17.4. The van der Waals surface area contributed by atoms with Crippen LogP contribution in [0.5, 0.6) is 0 Å². The fraction of sp³-hybridized carbons (Fsp3) is 0.500. The highest BCUT2D eigenvalue weighted by Gasteiger charge is 2.25. The second-order valence-corrected chi connectivity index (χ2v) is 4.86. The van der Waals surface area contributed by atoms with Crippen LogP contribution >= 0.6 is 0 Å². The number of carbonyl (C=O) groups excluding carboxylic acids is 1. The van der Waals surface area contributed by atoms with Crippen molar-refractivity contribution in [3.63, 3.8) is 0 Å². The molecule has 0 radical (unpaired) electrons. The number of hydrazine groups is 1. The summed E-state index contributed by atoms with van der Waals surface area (Å²) < 4.78 is 0. The Balaban J connectivity index is 2.10. The molecule has 0 spiro atoms. The van der Waals surface area contributed by atoms with Crippen molar-refractivity contribution in [2.24, 2.45) is 5.73 Å². The van der Waals surface area contributed by atoms with Gasteiger partial charge in [0.05, 0.1) is 5.69 Å². The van der Waals surface area contributed by atoms with Gasteiger partial charge < -0.3 is 5.73 Å². The number of nitrogens with two attached hydrogens (primary N) is 1. The van der Waals surface area contributed by atoms with Crippen LogP contribution in [-0.2, 0) is 4.79 Å². The molecule has 1 aliphatic rings. The van der Waals surface area contributed by atoms with E-state index < -0.39 is 0 Å². The van der Waals surface area contributed by atoms with Gasteiger partial charge in [-0.25, -0.2) is 0 Å². The van der Waals surface area contributed by atoms with Gasteiger partial charge in [-0.1, -0.05) is 19.1 Å². The largest absolute Gasteiger partial charge is 0.330 e. The Morgan fingerprint density at radius 3 is 2.50 bits per heavy atom. The van der Waals surface area contributed by atoms with E-state index in [-0.39, 0.29) is 5.91 Å². The lowest BCUT2D eigenvalue weighted by Gasteiger charge is -2.26. The van der Waals surface area contributed by atoms with Gasteiger partial charge in [-0.05, 0) is 36.6 Å². The highest BCUT2D eigenvalue weighted by molar-refractivity contribution is 5.81. The highest BCUT2D eigenvalue weighted by Crippen LogP contribution is 2.25. The first kappa shape index (κ1) is 12.9. The fourth-order valence-corrected chi connectivity index (χ4v) is 2.34. The van der Waals surface area contributed by atoms with Gasteiger partial charge in [0.1, 0.15) is 0 Å². The van der Waals surface area contributed by atoms with Gasteiger partial charge in [-0.3, -0.25) is 14.8 Å². The first-order chi connectivity index (χ1) is 8.63. The number of carbonyl (C=O) groups is 1. The van der Waals surface area contributed by atoms with E-state index in [1.807, 2.05) is 12.1 Å². The molecule has 1 aromatic rings. The van der Waals surface area contributed by atoms with Gasteiger partial charge in [0, 0.05) is 20.0 Å². The molecule has 2 N–H and O–H groups in total. The Kier molecular flexibility index (Phi) is 3.87. The van der Waals surface area contributed by atoms with Crippen molar-refractivity contribution in [3.05, 3.63) is 29.8 Å². The number of hydrogen-bond donors (Lipinski definition) is 1. The predicted molar refractivity (Wildman–Crippen MR) is 73.3 cm³/mol. The Morgan fingerprint density at radius 2 is 2.00 bits per heavy atom. The van der Waals surface area contributed by atoms with Crippen LogP contribution in [0.4, 0.5) is 5.69 Å². The van der Waals surface area contributed by atoms with Crippen LogP contribution in [0.3, 0.4) is 0 Å². The second-order valence-electron chi connectivity index (χ2n) is 4.86. The zero-order chi connectivity index (χ0) is 13.1. The van der Waals surface area contributed by atoms with E-state index in [0.717, 1.165) is 18.7 Å². The number of rotatable bonds is 4. The fourth-order valence-electron chi connectivity index (χ4n) is 2.34. The van der Waals surface area contributed by atoms with Gasteiger partial charge >= 0.3 is 0 Å². The Bertz CT molecular complexity index is 416. The lowest BCUT2D eigenvalue weighted by Crippen LogP contribution is -2.35. The van der Waals surface area contributed by atoms with Crippen molar-refractivity contribution >= 4 is 11.6 Å². The van der Waals surface area contributed by atoms with Gasteiger partial charge in [0.2, 0.25) is 5.91 Å². The van der Waals surface area contributed by atoms with Crippen molar-refractivity contribution in [1.29, 1.82) is 0 Å². The average Bonchev–Trinajstić information content (AvgIpc) is 2.71. The summed E-state index contributed by atoms with van der Waals surface area (Å²) in [6.07, 6.45) is 1.60. The molecule has 1 aromatic carbocycles. The number of benzene rings is 1. The molecule has 2 rings (SSSR count). The van der Waals surface area contributed by atoms with Crippen molar-refractivity contribution in [3.8, 4) is 0 Å². The van der Waals surface area contributed by atoms with Gasteiger partial charge in [-0.2, -0.15) is 0 Å². The number of amides is 1. The zero-order valence-corrected chi connectivity index (χ0v) is 11.1. The van der Waals surface area contributed by atoms with E-state index in [0.29, 0.717) is 18.9 Å². The summed E-state index contributed by atoms with van der Waals surface area (Å²) in [6, 6.07) is 8.42. The molecule has 1 atom stereocenters. The minimum absolute atomic E-state index is 0.176. The first-order valence-electron chi connectivity index (χ1n) is 6.47. The molecule has 4 heteroatoms. The van der Waals surface area contributed by atoms with E-state index in [1.165, 1.54) is 5.56 Å². The average molecular weight is 247 g/mol. The minimum atomic E-state index is 0.176. The molecule has 0 saturated carbocycles. The lowest BCUT2D eigenvalue weighted by atomic mass is 9.98. The van der Waals surface area contributed by atoms with Gasteiger partial charge in [0.25, 0.3) is 0 Å². The van der Waals surface area contributed by atoms with E-state index in [4.69, 9.17) is 5.73 Å². The summed E-state index contributed by atoms with van der Waals surface area (Å²) in [6.45, 7) is 3.67. The second kappa shape index (κ2) is 5.40. The highest BCUT2D eigenvalue weighted by atomic mass is 16.2. The third kappa shape index (κ3) is 2.48. The number of anilines is 1. The molecule has 18 heavy (non-hydrogen) atoms. The molecule has 1 unspecified atom stereocenters. The van der Waals surface area contributed by atoms with Gasteiger partial charge in [0.15, 0.2) is 0 Å².